The Morgan fingerprint density at radius 2 is 2.06 bits per heavy atom. The normalized spacial score (nSPS) is 14.2. The van der Waals surface area contributed by atoms with Crippen LogP contribution in [0, 0.1) is 6.92 Å². The fourth-order valence-corrected chi connectivity index (χ4v) is 3.53. The van der Waals surface area contributed by atoms with E-state index in [0.29, 0.717) is 12.4 Å². The molecule has 0 radical (unpaired) electrons. The van der Waals surface area contributed by atoms with E-state index in [1.807, 2.05) is 43.7 Å². The summed E-state index contributed by atoms with van der Waals surface area (Å²) in [5, 5.41) is 7.16. The van der Waals surface area contributed by atoms with Gasteiger partial charge in [-0.1, -0.05) is 6.08 Å². The monoisotopic (exact) mass is 420 g/mol. The van der Waals surface area contributed by atoms with Crippen LogP contribution >= 0.6 is 0 Å². The first-order chi connectivity index (χ1) is 14.9. The second-order valence-electron chi connectivity index (χ2n) is 7.63. The Hall–Kier alpha value is -3.55. The second-order valence-corrected chi connectivity index (χ2v) is 7.63. The van der Waals surface area contributed by atoms with Crippen molar-refractivity contribution in [1.82, 2.24) is 14.8 Å². The van der Waals surface area contributed by atoms with Gasteiger partial charge in [-0.25, -0.2) is 9.67 Å². The first kappa shape index (κ1) is 22.1. The van der Waals surface area contributed by atoms with E-state index >= 15 is 0 Å². The van der Waals surface area contributed by atoms with Gasteiger partial charge < -0.3 is 5.32 Å². The number of hydrogen-bond acceptors (Lipinski definition) is 5. The number of aryl methyl sites for hydroxylation is 2. The molecule has 0 aromatic carbocycles. The Bertz CT molecular complexity index is 1030. The number of hydrogen-bond donors (Lipinski definition) is 1. The van der Waals surface area contributed by atoms with Crippen LogP contribution in [-0.2, 0) is 16.1 Å². The molecule has 0 spiro atoms. The smallest absolute Gasteiger partial charge is 0.228 e. The lowest BCUT2D eigenvalue weighted by Gasteiger charge is -2.27. The van der Waals surface area contributed by atoms with Gasteiger partial charge >= 0.3 is 0 Å². The number of rotatable bonds is 7. The minimum Gasteiger partial charge on any atom is -0.311 e. The molecule has 3 heterocycles. The van der Waals surface area contributed by atoms with E-state index in [1.54, 1.807) is 23.4 Å². The molecule has 2 aromatic rings. The zero-order valence-electron chi connectivity index (χ0n) is 18.3. The van der Waals surface area contributed by atoms with Crippen molar-refractivity contribution >= 4 is 35.7 Å². The molecule has 3 rings (SSSR count). The number of amides is 2. The summed E-state index contributed by atoms with van der Waals surface area (Å²) in [5.74, 6) is 0.959. The summed E-state index contributed by atoms with van der Waals surface area (Å²) < 4.78 is 1.85. The van der Waals surface area contributed by atoms with Crippen LogP contribution in [-0.4, -0.2) is 39.8 Å². The summed E-state index contributed by atoms with van der Waals surface area (Å²) in [4.78, 5) is 34.7. The number of carbonyl (C=O) groups excluding carboxylic acids is 2. The molecule has 2 amide bonds. The van der Waals surface area contributed by atoms with Crippen LogP contribution in [0.15, 0.2) is 47.2 Å². The molecule has 8 heteroatoms. The number of allylic oxidation sites excluding steroid dienone is 3. The minimum absolute atomic E-state index is 0.0718. The van der Waals surface area contributed by atoms with Gasteiger partial charge in [0.05, 0.1) is 5.69 Å². The Balaban J connectivity index is 1.54. The molecule has 0 atom stereocenters. The summed E-state index contributed by atoms with van der Waals surface area (Å²) in [7, 11) is 0. The standard InChI is InChI=1S/C23H28N6O2/c1-16(14-24-4)12-17(2)19-6-7-20(25-15-19)26-21(30)8-9-23(31)28-10-5-11-29-22(28)13-18(3)27-29/h6-7,12-15H,4-5,8-11H2,1-3H3,(H,25,26,30)/b16-14-,17-12+. The summed E-state index contributed by atoms with van der Waals surface area (Å²) in [6.07, 6.45) is 6.48. The highest BCUT2D eigenvalue weighted by Crippen LogP contribution is 2.23. The number of nitrogens with zero attached hydrogens (tertiary/aromatic N) is 5. The number of nitrogens with one attached hydrogen (secondary N) is 1. The fraction of sp³-hybridized carbons (Fsp3) is 0.348. The quantitative estimate of drug-likeness (QED) is 0.545. The highest BCUT2D eigenvalue weighted by atomic mass is 16.2. The molecule has 1 aliphatic heterocycles. The molecule has 1 aliphatic rings. The number of carbonyl (C=O) groups is 2. The Kier molecular flexibility index (Phi) is 7.12. The topological polar surface area (TPSA) is 92.5 Å². The SMILES string of the molecule is C=N/C=C(C)\C=C(/C)c1ccc(NC(=O)CCC(=O)N2CCCn3nc(C)cc32)nc1. The van der Waals surface area contributed by atoms with E-state index in [2.05, 4.69) is 27.1 Å². The number of fused-ring (bicyclic) bond motifs is 1. The number of aromatic nitrogens is 3. The highest BCUT2D eigenvalue weighted by Gasteiger charge is 2.24. The van der Waals surface area contributed by atoms with E-state index in [1.165, 1.54) is 0 Å². The highest BCUT2D eigenvalue weighted by molar-refractivity contribution is 5.97. The lowest BCUT2D eigenvalue weighted by atomic mass is 10.1. The molecule has 1 N–H and O–H groups in total. The van der Waals surface area contributed by atoms with Crippen molar-refractivity contribution in [3.8, 4) is 0 Å². The van der Waals surface area contributed by atoms with Crippen LogP contribution in [0.5, 0.6) is 0 Å². The zero-order chi connectivity index (χ0) is 22.4. The zero-order valence-corrected chi connectivity index (χ0v) is 18.3. The first-order valence-corrected chi connectivity index (χ1v) is 10.3. The predicted octanol–water partition coefficient (Wildman–Crippen LogP) is 3.75. The Morgan fingerprint density at radius 1 is 1.26 bits per heavy atom. The number of anilines is 2. The van der Waals surface area contributed by atoms with Crippen LogP contribution in [0.1, 0.15) is 44.4 Å². The van der Waals surface area contributed by atoms with Crippen LogP contribution in [0.2, 0.25) is 0 Å². The maximum atomic E-state index is 12.6. The molecule has 2 aromatic heterocycles. The van der Waals surface area contributed by atoms with Gasteiger partial charge in [0.15, 0.2) is 0 Å². The van der Waals surface area contributed by atoms with Crippen LogP contribution < -0.4 is 10.2 Å². The van der Waals surface area contributed by atoms with Crippen molar-refractivity contribution in [3.05, 3.63) is 53.5 Å². The molecule has 0 unspecified atom stereocenters. The largest absolute Gasteiger partial charge is 0.311 e. The van der Waals surface area contributed by atoms with Gasteiger partial charge in [0, 0.05) is 44.4 Å². The predicted molar refractivity (Wildman–Crippen MR) is 123 cm³/mol. The minimum atomic E-state index is -0.238. The van der Waals surface area contributed by atoms with Crippen LogP contribution in [0.25, 0.3) is 5.57 Å². The third-order valence-electron chi connectivity index (χ3n) is 5.00. The van der Waals surface area contributed by atoms with E-state index in [0.717, 1.165) is 41.2 Å². The lowest BCUT2D eigenvalue weighted by Crippen LogP contribution is -2.37. The molecule has 31 heavy (non-hydrogen) atoms. The Labute approximate surface area is 182 Å². The second kappa shape index (κ2) is 9.97. The third-order valence-corrected chi connectivity index (χ3v) is 5.00. The van der Waals surface area contributed by atoms with Crippen molar-refractivity contribution in [1.29, 1.82) is 0 Å². The van der Waals surface area contributed by atoms with Crippen molar-refractivity contribution in [3.63, 3.8) is 0 Å². The molecule has 8 nitrogen and oxygen atoms in total. The van der Waals surface area contributed by atoms with Crippen molar-refractivity contribution in [2.45, 2.75) is 46.6 Å². The van der Waals surface area contributed by atoms with Crippen molar-refractivity contribution in [2.75, 3.05) is 16.8 Å². The van der Waals surface area contributed by atoms with Crippen LogP contribution in [0.3, 0.4) is 0 Å². The molecule has 0 bridgehead atoms. The fourth-order valence-electron chi connectivity index (χ4n) is 3.53. The lowest BCUT2D eigenvalue weighted by molar-refractivity contribution is -0.122. The van der Waals surface area contributed by atoms with Crippen molar-refractivity contribution < 1.29 is 9.59 Å². The van der Waals surface area contributed by atoms with E-state index < -0.39 is 0 Å². The maximum absolute atomic E-state index is 12.6. The van der Waals surface area contributed by atoms with E-state index in [9.17, 15) is 9.59 Å². The van der Waals surface area contributed by atoms with Gasteiger partial charge in [-0.2, -0.15) is 5.10 Å². The molecule has 0 saturated carbocycles. The molecular formula is C23H28N6O2. The summed E-state index contributed by atoms with van der Waals surface area (Å²) in [5.41, 5.74) is 3.85. The van der Waals surface area contributed by atoms with Gasteiger partial charge in [-0.15, -0.1) is 0 Å². The number of aliphatic imine (C=N–C) groups is 1. The molecule has 0 aliphatic carbocycles. The average Bonchev–Trinajstić information content (AvgIpc) is 3.12. The third kappa shape index (κ3) is 5.75. The van der Waals surface area contributed by atoms with Crippen LogP contribution in [0.4, 0.5) is 11.6 Å². The summed E-state index contributed by atoms with van der Waals surface area (Å²) >= 11 is 0. The van der Waals surface area contributed by atoms with Gasteiger partial charge in [0.25, 0.3) is 0 Å². The maximum Gasteiger partial charge on any atom is 0.228 e. The van der Waals surface area contributed by atoms with E-state index in [-0.39, 0.29) is 24.7 Å². The summed E-state index contributed by atoms with van der Waals surface area (Å²) in [6.45, 7) is 10.7. The average molecular weight is 421 g/mol. The van der Waals surface area contributed by atoms with Gasteiger partial charge in [0.2, 0.25) is 11.8 Å². The molecular weight excluding hydrogens is 392 g/mol. The van der Waals surface area contributed by atoms with Gasteiger partial charge in [-0.3, -0.25) is 19.5 Å². The Morgan fingerprint density at radius 3 is 2.77 bits per heavy atom. The molecule has 162 valence electrons. The first-order valence-electron chi connectivity index (χ1n) is 10.3. The molecule has 0 fully saturated rings. The van der Waals surface area contributed by atoms with Crippen molar-refractivity contribution in [2.24, 2.45) is 4.99 Å². The molecule has 0 saturated heterocycles. The van der Waals surface area contributed by atoms with E-state index in [4.69, 9.17) is 0 Å². The summed E-state index contributed by atoms with van der Waals surface area (Å²) in [6, 6.07) is 5.55. The van der Waals surface area contributed by atoms with Gasteiger partial charge in [0.1, 0.15) is 11.6 Å². The van der Waals surface area contributed by atoms with Gasteiger partial charge in [-0.05, 0) is 62.8 Å². The number of pyridine rings is 1.